The van der Waals surface area contributed by atoms with Crippen molar-refractivity contribution >= 4 is 17.7 Å². The normalized spacial score (nSPS) is 13.9. The molecule has 5 nitrogen and oxygen atoms in total. The van der Waals surface area contributed by atoms with E-state index in [1.165, 1.54) is 39.2 Å². The molecule has 1 heterocycles. The summed E-state index contributed by atoms with van der Waals surface area (Å²) in [7, 11) is 1.34. The van der Waals surface area contributed by atoms with E-state index in [2.05, 4.69) is 39.9 Å². The van der Waals surface area contributed by atoms with Crippen molar-refractivity contribution in [3.8, 4) is 22.4 Å². The van der Waals surface area contributed by atoms with Crippen molar-refractivity contribution in [2.24, 2.45) is 5.92 Å². The number of hydrogen-bond acceptors (Lipinski definition) is 4. The van der Waals surface area contributed by atoms with Crippen LogP contribution in [0.1, 0.15) is 32.1 Å². The van der Waals surface area contributed by atoms with Gasteiger partial charge in [0.1, 0.15) is 17.5 Å². The van der Waals surface area contributed by atoms with Gasteiger partial charge in [0.15, 0.2) is 0 Å². The van der Waals surface area contributed by atoms with E-state index in [4.69, 9.17) is 10.2 Å². The highest BCUT2D eigenvalue weighted by atomic mass is 32.2. The molecule has 1 fully saturated rings. The van der Waals surface area contributed by atoms with Gasteiger partial charge in [0, 0.05) is 24.8 Å². The molecule has 0 atom stereocenters. The van der Waals surface area contributed by atoms with E-state index < -0.39 is 5.97 Å². The van der Waals surface area contributed by atoms with Crippen LogP contribution in [0, 0.1) is 11.7 Å². The summed E-state index contributed by atoms with van der Waals surface area (Å²) in [5.41, 5.74) is 4.46. The topological polar surface area (TPSA) is 64.3 Å². The number of carbonyl (C=O) groups is 1. The summed E-state index contributed by atoms with van der Waals surface area (Å²) >= 11 is 1.68. The first-order valence-corrected chi connectivity index (χ1v) is 12.4. The first-order valence-electron chi connectivity index (χ1n) is 11.2. The standard InChI is InChI=1S/C23H25FN2S.C3H6O3/c1-27-23-21(18-10-6-3-7-11-18)22(19-12-14-20(24)15-13-19)26(25-23)16-17-8-4-2-5-9-17;1-6-2-3(4)5/h3,6-7,10-15,17H,2,4-5,8-9,16H2,1H3;2H2,1H3,(H,4,5). The predicted molar refractivity (Wildman–Crippen MR) is 131 cm³/mol. The summed E-state index contributed by atoms with van der Waals surface area (Å²) in [6, 6.07) is 17.3. The van der Waals surface area contributed by atoms with Gasteiger partial charge >= 0.3 is 5.97 Å². The van der Waals surface area contributed by atoms with Crippen LogP contribution in [-0.2, 0) is 16.1 Å². The van der Waals surface area contributed by atoms with Crippen LogP contribution in [0.15, 0.2) is 59.6 Å². The van der Waals surface area contributed by atoms with Crippen LogP contribution in [0.2, 0.25) is 0 Å². The number of benzene rings is 2. The fourth-order valence-electron chi connectivity index (χ4n) is 4.22. The molecule has 0 amide bonds. The Kier molecular flexibility index (Phi) is 9.51. The summed E-state index contributed by atoms with van der Waals surface area (Å²) in [5, 5.41) is 13.8. The lowest BCUT2D eigenvalue weighted by molar-refractivity contribution is -0.141. The van der Waals surface area contributed by atoms with Gasteiger partial charge in [-0.2, -0.15) is 5.10 Å². The molecule has 2 aromatic carbocycles. The third kappa shape index (κ3) is 6.92. The molecule has 3 aromatic rings. The highest BCUT2D eigenvalue weighted by Gasteiger charge is 2.23. The molecule has 33 heavy (non-hydrogen) atoms. The van der Waals surface area contributed by atoms with Crippen LogP contribution in [0.5, 0.6) is 0 Å². The molecule has 0 aliphatic heterocycles. The number of aromatic nitrogens is 2. The lowest BCUT2D eigenvalue weighted by Crippen LogP contribution is -2.16. The highest BCUT2D eigenvalue weighted by molar-refractivity contribution is 7.98. The predicted octanol–water partition coefficient (Wildman–Crippen LogP) is 6.38. The summed E-state index contributed by atoms with van der Waals surface area (Å²) in [6.45, 7) is 0.729. The second-order valence-corrected chi connectivity index (χ2v) is 8.91. The zero-order chi connectivity index (χ0) is 23.6. The Morgan fingerprint density at radius 3 is 2.30 bits per heavy atom. The molecule has 1 aliphatic carbocycles. The second-order valence-electron chi connectivity index (χ2n) is 8.12. The van der Waals surface area contributed by atoms with E-state index in [1.807, 2.05) is 18.2 Å². The van der Waals surface area contributed by atoms with Crippen molar-refractivity contribution in [3.63, 3.8) is 0 Å². The number of hydrogen-bond donors (Lipinski definition) is 1. The minimum Gasteiger partial charge on any atom is -0.480 e. The summed E-state index contributed by atoms with van der Waals surface area (Å²) < 4.78 is 19.9. The number of thioether (sulfide) groups is 1. The number of aliphatic carboxylic acids is 1. The van der Waals surface area contributed by atoms with Crippen LogP contribution in [-0.4, -0.2) is 40.8 Å². The number of methoxy groups -OCH3 is 1. The average Bonchev–Trinajstić information content (AvgIpc) is 3.19. The molecule has 0 unspecified atom stereocenters. The molecule has 4 rings (SSSR count). The third-order valence-electron chi connectivity index (χ3n) is 5.72. The first-order chi connectivity index (χ1) is 16.0. The van der Waals surface area contributed by atoms with E-state index in [1.54, 1.807) is 23.9 Å². The summed E-state index contributed by atoms with van der Waals surface area (Å²) in [5.74, 6) is -0.461. The zero-order valence-electron chi connectivity index (χ0n) is 19.2. The molecule has 1 aromatic heterocycles. The van der Waals surface area contributed by atoms with Crippen molar-refractivity contribution < 1.29 is 19.0 Å². The largest absolute Gasteiger partial charge is 0.480 e. The second kappa shape index (κ2) is 12.6. The SMILES string of the molecule is COCC(=O)O.CSc1nn(CC2CCCCC2)c(-c2ccc(F)cc2)c1-c1ccccc1. The fraction of sp³-hybridized carbons (Fsp3) is 0.385. The summed E-state index contributed by atoms with van der Waals surface area (Å²) in [4.78, 5) is 9.47. The van der Waals surface area contributed by atoms with Gasteiger partial charge < -0.3 is 9.84 Å². The lowest BCUT2D eigenvalue weighted by Gasteiger charge is -2.22. The van der Waals surface area contributed by atoms with Crippen molar-refractivity contribution in [1.82, 2.24) is 9.78 Å². The van der Waals surface area contributed by atoms with E-state index in [0.29, 0.717) is 5.92 Å². The number of nitrogens with zero attached hydrogens (tertiary/aromatic N) is 2. The van der Waals surface area contributed by atoms with Crippen LogP contribution in [0.4, 0.5) is 4.39 Å². The Labute approximate surface area is 199 Å². The Morgan fingerprint density at radius 2 is 1.76 bits per heavy atom. The first kappa shape index (κ1) is 25.0. The van der Waals surface area contributed by atoms with Crippen LogP contribution in [0.25, 0.3) is 22.4 Å². The van der Waals surface area contributed by atoms with Crippen molar-refractivity contribution in [2.75, 3.05) is 20.0 Å². The Morgan fingerprint density at radius 1 is 1.09 bits per heavy atom. The molecule has 0 radical (unpaired) electrons. The Balaban J connectivity index is 0.000000454. The number of ether oxygens (including phenoxy) is 1. The molecule has 176 valence electrons. The lowest BCUT2D eigenvalue weighted by atomic mass is 9.89. The average molecular weight is 471 g/mol. The molecule has 7 heteroatoms. The number of rotatable bonds is 7. The molecule has 0 saturated heterocycles. The van der Waals surface area contributed by atoms with Gasteiger partial charge in [-0.3, -0.25) is 4.68 Å². The number of halogens is 1. The highest BCUT2D eigenvalue weighted by Crippen LogP contribution is 2.40. The third-order valence-corrected chi connectivity index (χ3v) is 6.39. The Bertz CT molecular complexity index is 1020. The minimum absolute atomic E-state index is 0.205. The van der Waals surface area contributed by atoms with Crippen LogP contribution >= 0.6 is 11.8 Å². The maximum atomic E-state index is 13.5. The van der Waals surface area contributed by atoms with Gasteiger partial charge in [-0.1, -0.05) is 49.6 Å². The molecule has 1 saturated carbocycles. The molecular weight excluding hydrogens is 439 g/mol. The van der Waals surface area contributed by atoms with Gasteiger partial charge in [0.05, 0.1) is 5.69 Å². The molecule has 1 N–H and O–H groups in total. The quantitative estimate of drug-likeness (QED) is 0.406. The van der Waals surface area contributed by atoms with Gasteiger partial charge in [-0.05, 0) is 54.8 Å². The van der Waals surface area contributed by atoms with Gasteiger partial charge in [-0.15, -0.1) is 11.8 Å². The molecule has 1 aliphatic rings. The molecule has 0 spiro atoms. The van der Waals surface area contributed by atoms with Crippen molar-refractivity contribution in [2.45, 2.75) is 43.7 Å². The van der Waals surface area contributed by atoms with Crippen molar-refractivity contribution in [3.05, 3.63) is 60.4 Å². The van der Waals surface area contributed by atoms with Crippen LogP contribution < -0.4 is 0 Å². The van der Waals surface area contributed by atoms with Crippen molar-refractivity contribution in [1.29, 1.82) is 0 Å². The zero-order valence-corrected chi connectivity index (χ0v) is 20.0. The summed E-state index contributed by atoms with van der Waals surface area (Å²) in [6.07, 6.45) is 8.62. The van der Waals surface area contributed by atoms with Gasteiger partial charge in [0.2, 0.25) is 0 Å². The minimum atomic E-state index is -0.933. The van der Waals surface area contributed by atoms with E-state index in [-0.39, 0.29) is 12.4 Å². The van der Waals surface area contributed by atoms with Gasteiger partial charge in [0.25, 0.3) is 0 Å². The van der Waals surface area contributed by atoms with E-state index in [0.717, 1.165) is 34.0 Å². The molecular formula is C26H31FN2O3S. The molecule has 0 bridgehead atoms. The van der Waals surface area contributed by atoms with E-state index >= 15 is 0 Å². The Hall–Kier alpha value is -2.64. The van der Waals surface area contributed by atoms with E-state index in [9.17, 15) is 9.18 Å². The van der Waals surface area contributed by atoms with Gasteiger partial charge in [-0.25, -0.2) is 9.18 Å². The number of carboxylic acid groups (broad SMARTS) is 1. The number of carboxylic acids is 1. The maximum Gasteiger partial charge on any atom is 0.329 e. The maximum absolute atomic E-state index is 13.5. The smallest absolute Gasteiger partial charge is 0.329 e. The fourth-order valence-corrected chi connectivity index (χ4v) is 4.82. The van der Waals surface area contributed by atoms with Crippen LogP contribution in [0.3, 0.4) is 0 Å². The monoisotopic (exact) mass is 470 g/mol.